The van der Waals surface area contributed by atoms with Crippen molar-refractivity contribution in [3.63, 3.8) is 0 Å². The molecule has 1 aliphatic rings. The number of nitrogens with one attached hydrogen (secondary N) is 3. The molecule has 2 atom stereocenters. The Morgan fingerprint density at radius 2 is 1.91 bits per heavy atom. The van der Waals surface area contributed by atoms with Gasteiger partial charge in [-0.05, 0) is 82.9 Å². The number of aliphatic hydroxyl groups is 1. The third kappa shape index (κ3) is 8.83. The van der Waals surface area contributed by atoms with E-state index in [0.717, 1.165) is 5.56 Å². The number of aliphatic hydroxyl groups excluding tert-OH is 1. The molecule has 244 valence electrons. The molecule has 3 aromatic rings. The molecule has 0 saturated carbocycles. The molecule has 4 N–H and O–H groups in total. The molecule has 0 saturated heterocycles. The molecule has 46 heavy (non-hydrogen) atoms. The zero-order valence-electron chi connectivity index (χ0n) is 25.6. The number of halogens is 2. The molecule has 0 bridgehead atoms. The maximum Gasteiger partial charge on any atom is 0.337 e. The number of urea groups is 1. The highest BCUT2D eigenvalue weighted by molar-refractivity contribution is 9.10. The number of esters is 1. The van der Waals surface area contributed by atoms with Gasteiger partial charge in [-0.2, -0.15) is 5.10 Å². The van der Waals surface area contributed by atoms with Gasteiger partial charge in [0.1, 0.15) is 13.2 Å². The predicted octanol–water partition coefficient (Wildman–Crippen LogP) is 5.21. The third-order valence-electron chi connectivity index (χ3n) is 6.63. The standard InChI is InChI=1S/C32H34BrClN4O8/c1-5-44-25-14-21(29-28(31(40)43-4)18(2)36-32(41)37-29)9-10-24(25)45-17-27(39)38-35-15-20-12-23(33)30(26(13-20)42-3)46-16-19-7-6-8-22(34)11-19/h6-15,27,29,38-39H,5,16-17H2,1-4H3,(H2,36,37,41)/b35-15+/t27-,29-/m0/s1. The van der Waals surface area contributed by atoms with Crippen LogP contribution in [0.5, 0.6) is 23.0 Å². The summed E-state index contributed by atoms with van der Waals surface area (Å²) in [6.45, 7) is 3.88. The van der Waals surface area contributed by atoms with Crippen molar-refractivity contribution in [2.24, 2.45) is 5.10 Å². The number of hydrogen-bond acceptors (Lipinski definition) is 10. The summed E-state index contributed by atoms with van der Waals surface area (Å²) in [4.78, 5) is 24.6. The minimum absolute atomic E-state index is 0.170. The highest BCUT2D eigenvalue weighted by Crippen LogP contribution is 2.37. The van der Waals surface area contributed by atoms with E-state index in [1.165, 1.54) is 20.4 Å². The van der Waals surface area contributed by atoms with E-state index < -0.39 is 24.3 Å². The highest BCUT2D eigenvalue weighted by atomic mass is 79.9. The van der Waals surface area contributed by atoms with Crippen LogP contribution in [0.2, 0.25) is 5.02 Å². The summed E-state index contributed by atoms with van der Waals surface area (Å²) in [5.41, 5.74) is 5.44. The lowest BCUT2D eigenvalue weighted by Crippen LogP contribution is -2.45. The summed E-state index contributed by atoms with van der Waals surface area (Å²) in [5, 5.41) is 20.6. The van der Waals surface area contributed by atoms with E-state index in [1.807, 2.05) is 25.1 Å². The van der Waals surface area contributed by atoms with Crippen molar-refractivity contribution >= 4 is 45.7 Å². The summed E-state index contributed by atoms with van der Waals surface area (Å²) >= 11 is 9.59. The third-order valence-corrected chi connectivity index (χ3v) is 7.46. The summed E-state index contributed by atoms with van der Waals surface area (Å²) in [7, 11) is 2.81. The molecular weight excluding hydrogens is 684 g/mol. The molecule has 12 nitrogen and oxygen atoms in total. The minimum Gasteiger partial charge on any atom is -0.493 e. The second-order valence-electron chi connectivity index (χ2n) is 9.87. The van der Waals surface area contributed by atoms with Crippen molar-refractivity contribution in [3.8, 4) is 23.0 Å². The van der Waals surface area contributed by atoms with Gasteiger partial charge in [0.25, 0.3) is 0 Å². The summed E-state index contributed by atoms with van der Waals surface area (Å²) in [6, 6.07) is 14.7. The van der Waals surface area contributed by atoms with Gasteiger partial charge >= 0.3 is 12.0 Å². The number of nitrogens with zero attached hydrogens (tertiary/aromatic N) is 1. The van der Waals surface area contributed by atoms with Gasteiger partial charge in [0, 0.05) is 10.7 Å². The normalized spacial score (nSPS) is 15.1. The lowest BCUT2D eigenvalue weighted by atomic mass is 9.95. The van der Waals surface area contributed by atoms with Crippen LogP contribution < -0.4 is 35.0 Å². The van der Waals surface area contributed by atoms with Gasteiger partial charge in [0.2, 0.25) is 0 Å². The number of amides is 2. The Morgan fingerprint density at radius 3 is 2.63 bits per heavy atom. The molecular formula is C32H34BrClN4O8. The van der Waals surface area contributed by atoms with Gasteiger partial charge in [0.05, 0.1) is 43.1 Å². The molecule has 0 radical (unpaired) electrons. The SMILES string of the molecule is CCOc1cc([C@@H]2NC(=O)NC(C)=C2C(=O)OC)ccc1OC[C@H](O)N/N=C/c1cc(Br)c(OCc2cccc(Cl)c2)c(OC)c1. The number of methoxy groups -OCH3 is 2. The summed E-state index contributed by atoms with van der Waals surface area (Å²) in [6.07, 6.45) is 0.343. The Morgan fingerprint density at radius 1 is 1.11 bits per heavy atom. The molecule has 0 unspecified atom stereocenters. The van der Waals surface area contributed by atoms with Crippen LogP contribution in [0.3, 0.4) is 0 Å². The number of hydrogen-bond donors (Lipinski definition) is 4. The van der Waals surface area contributed by atoms with Crippen LogP contribution in [0, 0.1) is 0 Å². The summed E-state index contributed by atoms with van der Waals surface area (Å²) < 4.78 is 28.6. The van der Waals surface area contributed by atoms with Gasteiger partial charge in [-0.3, -0.25) is 5.43 Å². The lowest BCUT2D eigenvalue weighted by Gasteiger charge is -2.28. The maximum atomic E-state index is 12.5. The van der Waals surface area contributed by atoms with Crippen molar-refractivity contribution in [2.75, 3.05) is 27.4 Å². The van der Waals surface area contributed by atoms with Crippen molar-refractivity contribution in [1.82, 2.24) is 16.1 Å². The fourth-order valence-electron chi connectivity index (χ4n) is 4.56. The van der Waals surface area contributed by atoms with Crippen molar-refractivity contribution in [2.45, 2.75) is 32.7 Å². The number of benzene rings is 3. The predicted molar refractivity (Wildman–Crippen MR) is 175 cm³/mol. The molecule has 1 heterocycles. The van der Waals surface area contributed by atoms with E-state index in [4.69, 9.17) is 35.3 Å². The van der Waals surface area contributed by atoms with Crippen LogP contribution >= 0.6 is 27.5 Å². The Labute approximate surface area is 279 Å². The smallest absolute Gasteiger partial charge is 0.337 e. The Kier molecular flexibility index (Phi) is 12.1. The highest BCUT2D eigenvalue weighted by Gasteiger charge is 2.32. The fourth-order valence-corrected chi connectivity index (χ4v) is 5.34. The van der Waals surface area contributed by atoms with Gasteiger partial charge in [0.15, 0.2) is 29.2 Å². The van der Waals surface area contributed by atoms with Crippen molar-refractivity contribution < 1.29 is 38.4 Å². The number of rotatable bonds is 14. The summed E-state index contributed by atoms with van der Waals surface area (Å²) in [5.74, 6) is 1.14. The zero-order valence-corrected chi connectivity index (χ0v) is 27.9. The number of ether oxygens (including phenoxy) is 5. The first kappa shape index (κ1) is 34.4. The Balaban J connectivity index is 1.39. The molecule has 2 amide bonds. The first-order valence-corrected chi connectivity index (χ1v) is 15.3. The van der Waals surface area contributed by atoms with E-state index in [-0.39, 0.29) is 12.2 Å². The molecule has 4 rings (SSSR count). The number of allylic oxidation sites excluding steroid dienone is 1. The van der Waals surface area contributed by atoms with Crippen LogP contribution in [-0.4, -0.2) is 57.0 Å². The topological polar surface area (TPSA) is 149 Å². The van der Waals surface area contributed by atoms with Gasteiger partial charge in [-0.25, -0.2) is 9.59 Å². The van der Waals surface area contributed by atoms with E-state index in [0.29, 0.717) is 62.5 Å². The zero-order chi connectivity index (χ0) is 33.2. The molecule has 0 aromatic heterocycles. The molecule has 0 aliphatic carbocycles. The minimum atomic E-state index is -1.17. The number of carbonyl (C=O) groups is 2. The maximum absolute atomic E-state index is 12.5. The molecule has 0 fully saturated rings. The average Bonchev–Trinajstić information content (AvgIpc) is 3.03. The molecule has 3 aromatic carbocycles. The van der Waals surface area contributed by atoms with Crippen LogP contribution in [0.4, 0.5) is 4.79 Å². The van der Waals surface area contributed by atoms with E-state index in [2.05, 4.69) is 37.1 Å². The second-order valence-corrected chi connectivity index (χ2v) is 11.2. The van der Waals surface area contributed by atoms with Crippen LogP contribution in [-0.2, 0) is 16.1 Å². The van der Waals surface area contributed by atoms with E-state index in [1.54, 1.807) is 43.3 Å². The molecule has 14 heteroatoms. The van der Waals surface area contributed by atoms with Crippen LogP contribution in [0.25, 0.3) is 0 Å². The Hall–Kier alpha value is -4.46. The number of hydrazone groups is 1. The van der Waals surface area contributed by atoms with E-state index >= 15 is 0 Å². The van der Waals surface area contributed by atoms with Crippen molar-refractivity contribution in [1.29, 1.82) is 0 Å². The Bertz CT molecular complexity index is 1630. The quantitative estimate of drug-likeness (QED) is 0.0764. The first-order valence-electron chi connectivity index (χ1n) is 14.1. The molecule has 0 spiro atoms. The second kappa shape index (κ2) is 16.2. The largest absolute Gasteiger partial charge is 0.493 e. The van der Waals surface area contributed by atoms with Gasteiger partial charge in [-0.1, -0.05) is 29.8 Å². The average molecular weight is 718 g/mol. The van der Waals surface area contributed by atoms with Crippen LogP contribution in [0.1, 0.15) is 36.6 Å². The number of carbonyl (C=O) groups excluding carboxylic acids is 2. The van der Waals surface area contributed by atoms with Gasteiger partial charge < -0.3 is 39.4 Å². The fraction of sp³-hybridized carbons (Fsp3) is 0.281. The monoisotopic (exact) mass is 716 g/mol. The lowest BCUT2D eigenvalue weighted by molar-refractivity contribution is -0.136. The first-order chi connectivity index (χ1) is 22.1. The molecule has 1 aliphatic heterocycles. The van der Waals surface area contributed by atoms with E-state index in [9.17, 15) is 14.7 Å². The van der Waals surface area contributed by atoms with Crippen LogP contribution in [0.15, 0.2) is 75.4 Å². The van der Waals surface area contributed by atoms with Gasteiger partial charge in [-0.15, -0.1) is 0 Å². The van der Waals surface area contributed by atoms with Crippen molar-refractivity contribution in [3.05, 3.63) is 92.1 Å².